The Morgan fingerprint density at radius 3 is 2.08 bits per heavy atom. The SMILES string of the molecule is CCc1ccc(S(=O)(=O)N2CCC(Cc3ccc(OC)cc3)CC2)cc1. The van der Waals surface area contributed by atoms with Crippen LogP contribution in [-0.4, -0.2) is 32.9 Å². The molecule has 0 bridgehead atoms. The van der Waals surface area contributed by atoms with Crippen LogP contribution in [0.4, 0.5) is 0 Å². The molecule has 4 nitrogen and oxygen atoms in total. The first-order chi connectivity index (χ1) is 12.5. The lowest BCUT2D eigenvalue weighted by molar-refractivity contribution is 0.273. The number of hydrogen-bond acceptors (Lipinski definition) is 3. The standard InChI is InChI=1S/C21H27NO3S/c1-3-17-6-10-21(11-7-17)26(23,24)22-14-12-19(13-15-22)16-18-4-8-20(25-2)9-5-18/h4-11,19H,3,12-16H2,1-2H3. The maximum Gasteiger partial charge on any atom is 0.243 e. The molecule has 2 aromatic carbocycles. The van der Waals surface area contributed by atoms with E-state index in [1.165, 1.54) is 5.56 Å². The third kappa shape index (κ3) is 4.27. The number of benzene rings is 2. The zero-order valence-electron chi connectivity index (χ0n) is 15.5. The lowest BCUT2D eigenvalue weighted by Crippen LogP contribution is -2.38. The topological polar surface area (TPSA) is 46.6 Å². The molecule has 1 aliphatic heterocycles. The number of piperidine rings is 1. The fraction of sp³-hybridized carbons (Fsp3) is 0.429. The number of ether oxygens (including phenoxy) is 1. The van der Waals surface area contributed by atoms with Gasteiger partial charge in [-0.2, -0.15) is 4.31 Å². The Kier molecular flexibility index (Phi) is 5.99. The molecule has 140 valence electrons. The third-order valence-corrected chi connectivity index (χ3v) is 7.14. The van der Waals surface area contributed by atoms with E-state index < -0.39 is 10.0 Å². The summed E-state index contributed by atoms with van der Waals surface area (Å²) < 4.78 is 32.5. The van der Waals surface area contributed by atoms with Gasteiger partial charge in [0.25, 0.3) is 0 Å². The minimum atomic E-state index is -3.38. The fourth-order valence-electron chi connectivity index (χ4n) is 3.49. The van der Waals surface area contributed by atoms with Crippen LogP contribution in [0.2, 0.25) is 0 Å². The van der Waals surface area contributed by atoms with Gasteiger partial charge in [0.1, 0.15) is 5.75 Å². The molecule has 1 aliphatic rings. The number of methoxy groups -OCH3 is 1. The summed E-state index contributed by atoms with van der Waals surface area (Å²) in [5.74, 6) is 1.39. The highest BCUT2D eigenvalue weighted by Gasteiger charge is 2.29. The van der Waals surface area contributed by atoms with E-state index in [1.807, 2.05) is 24.3 Å². The van der Waals surface area contributed by atoms with E-state index in [0.717, 1.165) is 37.0 Å². The van der Waals surface area contributed by atoms with E-state index in [0.29, 0.717) is 23.9 Å². The second-order valence-corrected chi connectivity index (χ2v) is 8.84. The van der Waals surface area contributed by atoms with E-state index in [1.54, 1.807) is 23.5 Å². The normalized spacial score (nSPS) is 16.5. The van der Waals surface area contributed by atoms with E-state index in [4.69, 9.17) is 4.74 Å². The van der Waals surface area contributed by atoms with Crippen LogP contribution in [-0.2, 0) is 22.9 Å². The molecule has 0 aromatic heterocycles. The summed E-state index contributed by atoms with van der Waals surface area (Å²) in [4.78, 5) is 0.406. The van der Waals surface area contributed by atoms with Crippen molar-refractivity contribution in [2.45, 2.75) is 37.5 Å². The highest BCUT2D eigenvalue weighted by atomic mass is 32.2. The Bertz CT molecular complexity index is 805. The zero-order valence-corrected chi connectivity index (χ0v) is 16.3. The molecule has 1 heterocycles. The molecule has 1 fully saturated rings. The number of sulfonamides is 1. The van der Waals surface area contributed by atoms with Crippen LogP contribution in [0, 0.1) is 5.92 Å². The first-order valence-electron chi connectivity index (χ1n) is 9.25. The highest BCUT2D eigenvalue weighted by Crippen LogP contribution is 2.27. The second-order valence-electron chi connectivity index (χ2n) is 6.90. The monoisotopic (exact) mass is 373 g/mol. The van der Waals surface area contributed by atoms with Crippen molar-refractivity contribution in [2.24, 2.45) is 5.92 Å². The zero-order chi connectivity index (χ0) is 18.6. The van der Waals surface area contributed by atoms with Crippen molar-refractivity contribution in [3.05, 3.63) is 59.7 Å². The summed E-state index contributed by atoms with van der Waals surface area (Å²) in [5.41, 5.74) is 2.43. The van der Waals surface area contributed by atoms with Gasteiger partial charge in [-0.15, -0.1) is 0 Å². The molecular weight excluding hydrogens is 346 g/mol. The van der Waals surface area contributed by atoms with Crippen molar-refractivity contribution in [2.75, 3.05) is 20.2 Å². The van der Waals surface area contributed by atoms with Gasteiger partial charge in [0.2, 0.25) is 10.0 Å². The Balaban J connectivity index is 1.59. The molecule has 0 atom stereocenters. The van der Waals surface area contributed by atoms with Crippen LogP contribution in [0.5, 0.6) is 5.75 Å². The van der Waals surface area contributed by atoms with E-state index in [9.17, 15) is 8.42 Å². The molecular formula is C21H27NO3S. The predicted octanol–water partition coefficient (Wildman–Crippen LogP) is 3.90. The molecule has 0 saturated carbocycles. The molecule has 0 amide bonds. The van der Waals surface area contributed by atoms with Gasteiger partial charge in [0, 0.05) is 13.1 Å². The predicted molar refractivity (Wildman–Crippen MR) is 104 cm³/mol. The molecule has 0 spiro atoms. The average molecular weight is 374 g/mol. The van der Waals surface area contributed by atoms with Crippen LogP contribution in [0.25, 0.3) is 0 Å². The van der Waals surface area contributed by atoms with Crippen LogP contribution in [0.3, 0.4) is 0 Å². The Hall–Kier alpha value is -1.85. The van der Waals surface area contributed by atoms with Crippen molar-refractivity contribution in [3.63, 3.8) is 0 Å². The van der Waals surface area contributed by atoms with Crippen molar-refractivity contribution in [1.82, 2.24) is 4.31 Å². The van der Waals surface area contributed by atoms with Gasteiger partial charge in [0.15, 0.2) is 0 Å². The van der Waals surface area contributed by atoms with Gasteiger partial charge in [-0.3, -0.25) is 0 Å². The third-order valence-electron chi connectivity index (χ3n) is 5.23. The molecule has 26 heavy (non-hydrogen) atoms. The fourth-order valence-corrected chi connectivity index (χ4v) is 4.96. The minimum Gasteiger partial charge on any atom is -0.497 e. The van der Waals surface area contributed by atoms with Crippen molar-refractivity contribution < 1.29 is 13.2 Å². The minimum absolute atomic E-state index is 0.406. The quantitative estimate of drug-likeness (QED) is 0.771. The molecule has 1 saturated heterocycles. The smallest absolute Gasteiger partial charge is 0.243 e. The van der Waals surface area contributed by atoms with Gasteiger partial charge in [-0.1, -0.05) is 31.2 Å². The highest BCUT2D eigenvalue weighted by molar-refractivity contribution is 7.89. The molecule has 0 radical (unpaired) electrons. The Morgan fingerprint density at radius 1 is 0.962 bits per heavy atom. The van der Waals surface area contributed by atoms with E-state index in [-0.39, 0.29) is 0 Å². The first kappa shape index (κ1) is 18.9. The van der Waals surface area contributed by atoms with Gasteiger partial charge in [-0.05, 0) is 67.0 Å². The summed E-state index contributed by atoms with van der Waals surface area (Å²) in [6.45, 7) is 3.26. The van der Waals surface area contributed by atoms with Crippen molar-refractivity contribution in [1.29, 1.82) is 0 Å². The summed E-state index contributed by atoms with van der Waals surface area (Å²) in [7, 11) is -1.71. The van der Waals surface area contributed by atoms with E-state index in [2.05, 4.69) is 19.1 Å². The van der Waals surface area contributed by atoms with Crippen molar-refractivity contribution >= 4 is 10.0 Å². The van der Waals surface area contributed by atoms with Gasteiger partial charge in [0.05, 0.1) is 12.0 Å². The van der Waals surface area contributed by atoms with Crippen LogP contribution >= 0.6 is 0 Å². The molecule has 0 unspecified atom stereocenters. The maximum atomic E-state index is 12.8. The van der Waals surface area contributed by atoms with Crippen molar-refractivity contribution in [3.8, 4) is 5.75 Å². The number of nitrogens with zero attached hydrogens (tertiary/aromatic N) is 1. The maximum absolute atomic E-state index is 12.8. The van der Waals surface area contributed by atoms with Crippen LogP contribution in [0.1, 0.15) is 30.9 Å². The first-order valence-corrected chi connectivity index (χ1v) is 10.7. The Labute approximate surface area is 156 Å². The lowest BCUT2D eigenvalue weighted by atomic mass is 9.91. The van der Waals surface area contributed by atoms with Crippen LogP contribution in [0.15, 0.2) is 53.4 Å². The molecule has 5 heteroatoms. The van der Waals surface area contributed by atoms with E-state index >= 15 is 0 Å². The molecule has 0 aliphatic carbocycles. The largest absolute Gasteiger partial charge is 0.497 e. The van der Waals surface area contributed by atoms with Gasteiger partial charge in [-0.25, -0.2) is 8.42 Å². The molecule has 3 rings (SSSR count). The molecule has 0 N–H and O–H groups in total. The molecule has 2 aromatic rings. The Morgan fingerprint density at radius 2 is 1.54 bits per heavy atom. The van der Waals surface area contributed by atoms with Gasteiger partial charge >= 0.3 is 0 Å². The number of rotatable bonds is 6. The average Bonchev–Trinajstić information content (AvgIpc) is 2.69. The number of hydrogen-bond donors (Lipinski definition) is 0. The van der Waals surface area contributed by atoms with Crippen LogP contribution < -0.4 is 4.74 Å². The number of aryl methyl sites for hydroxylation is 1. The van der Waals surface area contributed by atoms with Gasteiger partial charge < -0.3 is 4.74 Å². The summed E-state index contributed by atoms with van der Waals surface area (Å²) in [6, 6.07) is 15.4. The lowest BCUT2D eigenvalue weighted by Gasteiger charge is -2.31. The summed E-state index contributed by atoms with van der Waals surface area (Å²) in [5, 5.41) is 0. The summed E-state index contributed by atoms with van der Waals surface area (Å²) in [6.07, 6.45) is 3.71. The second kappa shape index (κ2) is 8.23. The summed E-state index contributed by atoms with van der Waals surface area (Å²) >= 11 is 0.